The summed E-state index contributed by atoms with van der Waals surface area (Å²) in [6.45, 7) is 6.92. The van der Waals surface area contributed by atoms with Crippen LogP contribution in [0.4, 0.5) is 0 Å². The number of hydrazine groups is 1. The van der Waals surface area contributed by atoms with Crippen molar-refractivity contribution in [2.45, 2.75) is 91.0 Å². The quantitative estimate of drug-likeness (QED) is 0.472. The first-order chi connectivity index (χ1) is 9.24. The fourth-order valence-electron chi connectivity index (χ4n) is 3.75. The van der Waals surface area contributed by atoms with Crippen molar-refractivity contribution in [1.29, 1.82) is 0 Å². The van der Waals surface area contributed by atoms with Gasteiger partial charge in [0.25, 0.3) is 0 Å². The van der Waals surface area contributed by atoms with Crippen LogP contribution in [0.25, 0.3) is 0 Å². The van der Waals surface area contributed by atoms with Gasteiger partial charge in [-0.2, -0.15) is 0 Å². The highest BCUT2D eigenvalue weighted by molar-refractivity contribution is 4.82. The van der Waals surface area contributed by atoms with Crippen LogP contribution >= 0.6 is 0 Å². The van der Waals surface area contributed by atoms with E-state index in [9.17, 15) is 0 Å². The van der Waals surface area contributed by atoms with Crippen LogP contribution in [-0.4, -0.2) is 6.04 Å². The van der Waals surface area contributed by atoms with E-state index in [0.717, 1.165) is 17.8 Å². The van der Waals surface area contributed by atoms with Crippen LogP contribution in [0, 0.1) is 17.8 Å². The minimum atomic E-state index is 0.553. The molecule has 19 heavy (non-hydrogen) atoms. The Hall–Kier alpha value is -0.0800. The lowest BCUT2D eigenvalue weighted by molar-refractivity contribution is 0.190. The van der Waals surface area contributed by atoms with E-state index >= 15 is 0 Å². The molecule has 1 atom stereocenters. The van der Waals surface area contributed by atoms with E-state index in [1.807, 2.05) is 0 Å². The van der Waals surface area contributed by atoms with Gasteiger partial charge in [-0.05, 0) is 37.0 Å². The summed E-state index contributed by atoms with van der Waals surface area (Å²) in [6, 6.07) is 0.553. The Morgan fingerprint density at radius 1 is 1.05 bits per heavy atom. The lowest BCUT2D eigenvalue weighted by Gasteiger charge is -2.35. The zero-order valence-electron chi connectivity index (χ0n) is 13.5. The number of rotatable bonds is 9. The van der Waals surface area contributed by atoms with Gasteiger partial charge >= 0.3 is 0 Å². The third-order valence-corrected chi connectivity index (χ3v) is 5.38. The van der Waals surface area contributed by atoms with Crippen LogP contribution in [0.2, 0.25) is 0 Å². The molecule has 2 nitrogen and oxygen atoms in total. The molecular weight excluding hydrogens is 232 g/mol. The Balaban J connectivity index is 2.34. The van der Waals surface area contributed by atoms with Gasteiger partial charge in [0, 0.05) is 6.04 Å². The van der Waals surface area contributed by atoms with Crippen molar-refractivity contribution in [3.8, 4) is 0 Å². The van der Waals surface area contributed by atoms with Gasteiger partial charge in [0.05, 0.1) is 0 Å². The number of nitrogens with two attached hydrogens (primary N) is 1. The van der Waals surface area contributed by atoms with E-state index in [0.29, 0.717) is 6.04 Å². The van der Waals surface area contributed by atoms with E-state index < -0.39 is 0 Å². The van der Waals surface area contributed by atoms with Gasteiger partial charge in [-0.25, -0.2) is 0 Å². The Labute approximate surface area is 120 Å². The van der Waals surface area contributed by atoms with Crippen molar-refractivity contribution in [2.75, 3.05) is 0 Å². The van der Waals surface area contributed by atoms with Crippen LogP contribution in [0.1, 0.15) is 85.0 Å². The van der Waals surface area contributed by atoms with Crippen LogP contribution in [0.15, 0.2) is 0 Å². The summed E-state index contributed by atoms with van der Waals surface area (Å²) in [7, 11) is 0. The SMILES string of the molecule is CCCCC1CCC(C(CC(CC)CC)NN)CC1. The highest BCUT2D eigenvalue weighted by atomic mass is 15.2. The summed E-state index contributed by atoms with van der Waals surface area (Å²) in [5.74, 6) is 8.50. The Bertz CT molecular complexity index is 205. The smallest absolute Gasteiger partial charge is 0.0241 e. The molecule has 1 unspecified atom stereocenters. The molecule has 1 fully saturated rings. The summed E-state index contributed by atoms with van der Waals surface area (Å²) < 4.78 is 0. The minimum Gasteiger partial charge on any atom is -0.271 e. The highest BCUT2D eigenvalue weighted by Gasteiger charge is 2.27. The summed E-state index contributed by atoms with van der Waals surface area (Å²) in [5, 5.41) is 0. The molecule has 0 aromatic heterocycles. The maximum atomic E-state index is 5.83. The topological polar surface area (TPSA) is 38.0 Å². The van der Waals surface area contributed by atoms with Crippen LogP contribution in [0.5, 0.6) is 0 Å². The van der Waals surface area contributed by atoms with E-state index in [-0.39, 0.29) is 0 Å². The first-order valence-corrected chi connectivity index (χ1v) is 8.71. The van der Waals surface area contributed by atoms with Gasteiger partial charge in [0.15, 0.2) is 0 Å². The van der Waals surface area contributed by atoms with Gasteiger partial charge in [0.2, 0.25) is 0 Å². The summed E-state index contributed by atoms with van der Waals surface area (Å²) in [6.07, 6.45) is 13.7. The second kappa shape index (κ2) is 9.77. The normalized spacial score (nSPS) is 25.7. The highest BCUT2D eigenvalue weighted by Crippen LogP contribution is 2.35. The molecule has 1 aliphatic carbocycles. The van der Waals surface area contributed by atoms with E-state index in [1.165, 1.54) is 64.2 Å². The van der Waals surface area contributed by atoms with Gasteiger partial charge < -0.3 is 0 Å². The molecule has 0 aromatic carbocycles. The van der Waals surface area contributed by atoms with Crippen molar-refractivity contribution in [1.82, 2.24) is 5.43 Å². The van der Waals surface area contributed by atoms with E-state index in [1.54, 1.807) is 0 Å². The number of hydrogen-bond donors (Lipinski definition) is 2. The molecule has 1 saturated carbocycles. The van der Waals surface area contributed by atoms with Gasteiger partial charge in [-0.3, -0.25) is 11.3 Å². The first-order valence-electron chi connectivity index (χ1n) is 8.71. The average Bonchev–Trinajstić information content (AvgIpc) is 2.47. The van der Waals surface area contributed by atoms with Crippen LogP contribution in [-0.2, 0) is 0 Å². The molecule has 0 heterocycles. The largest absolute Gasteiger partial charge is 0.271 e. The average molecular weight is 268 g/mol. The number of hydrogen-bond acceptors (Lipinski definition) is 2. The molecular formula is C17H36N2. The van der Waals surface area contributed by atoms with Crippen molar-refractivity contribution in [2.24, 2.45) is 23.6 Å². The predicted octanol–water partition coefficient (Wildman–Crippen LogP) is 4.64. The first kappa shape index (κ1) is 17.0. The van der Waals surface area contributed by atoms with E-state index in [4.69, 9.17) is 5.84 Å². The van der Waals surface area contributed by atoms with Crippen molar-refractivity contribution < 1.29 is 0 Å². The van der Waals surface area contributed by atoms with Crippen molar-refractivity contribution >= 4 is 0 Å². The van der Waals surface area contributed by atoms with Crippen LogP contribution < -0.4 is 11.3 Å². The second-order valence-electron chi connectivity index (χ2n) is 6.61. The standard InChI is InChI=1S/C17H36N2/c1-4-7-8-15-9-11-16(12-10-15)17(19-18)13-14(5-2)6-3/h14-17,19H,4-13,18H2,1-3H3. The number of unbranched alkanes of at least 4 members (excludes halogenated alkanes) is 1. The molecule has 114 valence electrons. The monoisotopic (exact) mass is 268 g/mol. The molecule has 0 amide bonds. The molecule has 0 spiro atoms. The molecule has 1 rings (SSSR count). The number of nitrogens with one attached hydrogen (secondary N) is 1. The summed E-state index contributed by atoms with van der Waals surface area (Å²) in [5.41, 5.74) is 3.13. The third-order valence-electron chi connectivity index (χ3n) is 5.38. The molecule has 0 saturated heterocycles. The maximum Gasteiger partial charge on any atom is 0.0241 e. The zero-order chi connectivity index (χ0) is 14.1. The predicted molar refractivity (Wildman–Crippen MR) is 84.8 cm³/mol. The molecule has 0 aromatic rings. The fraction of sp³-hybridized carbons (Fsp3) is 1.00. The summed E-state index contributed by atoms with van der Waals surface area (Å²) >= 11 is 0. The Kier molecular flexibility index (Phi) is 8.72. The second-order valence-corrected chi connectivity index (χ2v) is 6.61. The van der Waals surface area contributed by atoms with Crippen LogP contribution in [0.3, 0.4) is 0 Å². The molecule has 1 aliphatic rings. The lowest BCUT2D eigenvalue weighted by Crippen LogP contribution is -2.43. The summed E-state index contributed by atoms with van der Waals surface area (Å²) in [4.78, 5) is 0. The van der Waals surface area contributed by atoms with E-state index in [2.05, 4.69) is 26.2 Å². The molecule has 0 bridgehead atoms. The Morgan fingerprint density at radius 2 is 1.68 bits per heavy atom. The Morgan fingerprint density at radius 3 is 2.16 bits per heavy atom. The van der Waals surface area contributed by atoms with Gasteiger partial charge in [-0.1, -0.05) is 65.7 Å². The van der Waals surface area contributed by atoms with Gasteiger partial charge in [0.1, 0.15) is 0 Å². The molecule has 2 heteroatoms. The third kappa shape index (κ3) is 5.83. The van der Waals surface area contributed by atoms with Gasteiger partial charge in [-0.15, -0.1) is 0 Å². The molecule has 0 radical (unpaired) electrons. The molecule has 3 N–H and O–H groups in total. The van der Waals surface area contributed by atoms with Crippen molar-refractivity contribution in [3.63, 3.8) is 0 Å². The molecule has 0 aliphatic heterocycles. The maximum absolute atomic E-state index is 5.83. The lowest BCUT2D eigenvalue weighted by atomic mass is 9.75. The fourth-order valence-corrected chi connectivity index (χ4v) is 3.75. The van der Waals surface area contributed by atoms with Crippen molar-refractivity contribution in [3.05, 3.63) is 0 Å². The zero-order valence-corrected chi connectivity index (χ0v) is 13.5. The minimum absolute atomic E-state index is 0.553.